The van der Waals surface area contributed by atoms with Crippen LogP contribution in [0.2, 0.25) is 0 Å². The highest BCUT2D eigenvalue weighted by molar-refractivity contribution is 7.71. The molecule has 0 spiro atoms. The first kappa shape index (κ1) is 13.6. The van der Waals surface area contributed by atoms with Crippen LogP contribution in [0.4, 0.5) is 10.6 Å². The van der Waals surface area contributed by atoms with Crippen LogP contribution in [0.3, 0.4) is 0 Å². The highest BCUT2D eigenvalue weighted by Crippen LogP contribution is 2.10. The molecule has 1 heterocycles. The zero-order valence-electron chi connectivity index (χ0n) is 10.5. The fourth-order valence-corrected chi connectivity index (χ4v) is 1.40. The van der Waals surface area contributed by atoms with Gasteiger partial charge in [0.05, 0.1) is 0 Å². The number of carbonyl (C=O) groups excluding carboxylic acids is 1. The first-order valence-electron chi connectivity index (χ1n) is 5.40. The maximum Gasteiger partial charge on any atom is 0.413 e. The second-order valence-corrected chi connectivity index (χ2v) is 4.96. The quantitative estimate of drug-likeness (QED) is 0.797. The van der Waals surface area contributed by atoms with Gasteiger partial charge in [-0.25, -0.2) is 9.78 Å². The minimum absolute atomic E-state index is 0.343. The molecule has 17 heavy (non-hydrogen) atoms. The smallest absolute Gasteiger partial charge is 0.413 e. The lowest BCUT2D eigenvalue weighted by atomic mass is 10.2. The van der Waals surface area contributed by atoms with Crippen LogP contribution >= 0.6 is 12.2 Å². The number of H-pyrrole nitrogens is 1. The fourth-order valence-electron chi connectivity index (χ4n) is 1.17. The molecule has 0 aromatic carbocycles. The first-order chi connectivity index (χ1) is 7.80. The molecule has 0 aliphatic heterocycles. The van der Waals surface area contributed by atoms with Crippen molar-refractivity contribution in [1.29, 1.82) is 0 Å². The second-order valence-electron chi connectivity index (χ2n) is 4.58. The minimum Gasteiger partial charge on any atom is -0.444 e. The summed E-state index contributed by atoms with van der Waals surface area (Å²) >= 11 is 4.96. The third kappa shape index (κ3) is 4.95. The van der Waals surface area contributed by atoms with E-state index in [-0.39, 0.29) is 0 Å². The Morgan fingerprint density at radius 3 is 2.76 bits per heavy atom. The zero-order chi connectivity index (χ0) is 13.1. The van der Waals surface area contributed by atoms with Crippen molar-refractivity contribution in [2.75, 3.05) is 5.32 Å². The number of hydrogen-bond acceptors (Lipinski definition) is 4. The van der Waals surface area contributed by atoms with Crippen molar-refractivity contribution in [2.24, 2.45) is 0 Å². The van der Waals surface area contributed by atoms with Gasteiger partial charge in [0.2, 0.25) is 0 Å². The van der Waals surface area contributed by atoms with Gasteiger partial charge in [-0.15, -0.1) is 0 Å². The van der Waals surface area contributed by atoms with Gasteiger partial charge in [-0.3, -0.25) is 5.32 Å². The molecule has 5 nitrogen and oxygen atoms in total. The van der Waals surface area contributed by atoms with E-state index >= 15 is 0 Å². The molecule has 0 aliphatic carbocycles. The summed E-state index contributed by atoms with van der Waals surface area (Å²) < 4.78 is 5.46. The van der Waals surface area contributed by atoms with E-state index in [1.54, 1.807) is 26.8 Å². The van der Waals surface area contributed by atoms with E-state index in [1.807, 2.05) is 6.92 Å². The van der Waals surface area contributed by atoms with Gasteiger partial charge in [-0.2, -0.15) is 0 Å². The number of carbonyl (C=O) groups is 1. The van der Waals surface area contributed by atoms with Gasteiger partial charge in [0.25, 0.3) is 0 Å². The van der Waals surface area contributed by atoms with Crippen molar-refractivity contribution in [3.63, 3.8) is 0 Å². The Labute approximate surface area is 106 Å². The molecule has 1 rings (SSSR count). The number of nitrogens with one attached hydrogen (secondary N) is 2. The fraction of sp³-hybridized carbons (Fsp3) is 0.545. The van der Waals surface area contributed by atoms with E-state index in [4.69, 9.17) is 17.0 Å². The van der Waals surface area contributed by atoms with Crippen LogP contribution < -0.4 is 5.32 Å². The number of ether oxygens (including phenoxy) is 1. The van der Waals surface area contributed by atoms with Crippen LogP contribution in [0.1, 0.15) is 33.4 Å². The standard InChI is InChI=1S/C11H17N3O2S/c1-5-7-6-8(13-9(17)12-7)14-10(15)16-11(2,3)4/h6H,5H2,1-4H3,(H2,12,13,14,15,17). The highest BCUT2D eigenvalue weighted by atomic mass is 32.1. The van der Waals surface area contributed by atoms with Crippen molar-refractivity contribution in [1.82, 2.24) is 9.97 Å². The molecule has 0 aliphatic rings. The molecule has 0 saturated heterocycles. The molecular formula is C11H17N3O2S. The number of aromatic nitrogens is 2. The summed E-state index contributed by atoms with van der Waals surface area (Å²) in [5, 5.41) is 2.56. The van der Waals surface area contributed by atoms with Crippen LogP contribution in [-0.2, 0) is 11.2 Å². The molecule has 0 fully saturated rings. The van der Waals surface area contributed by atoms with Crippen molar-refractivity contribution < 1.29 is 9.53 Å². The Kier molecular flexibility index (Phi) is 4.22. The van der Waals surface area contributed by atoms with Crippen LogP contribution in [0.25, 0.3) is 0 Å². The van der Waals surface area contributed by atoms with Gasteiger partial charge in [-0.05, 0) is 39.4 Å². The molecule has 94 valence electrons. The highest BCUT2D eigenvalue weighted by Gasteiger charge is 2.16. The largest absolute Gasteiger partial charge is 0.444 e. The van der Waals surface area contributed by atoms with Crippen molar-refractivity contribution in [2.45, 2.75) is 39.7 Å². The second kappa shape index (κ2) is 5.27. The average Bonchev–Trinajstić information content (AvgIpc) is 2.13. The third-order valence-corrected chi connectivity index (χ3v) is 2.00. The van der Waals surface area contributed by atoms with Crippen LogP contribution in [0.15, 0.2) is 6.07 Å². The number of hydrogen-bond donors (Lipinski definition) is 2. The predicted octanol–water partition coefficient (Wildman–Crippen LogP) is 3.05. The van der Waals surface area contributed by atoms with E-state index in [9.17, 15) is 4.79 Å². The molecule has 1 amide bonds. The lowest BCUT2D eigenvalue weighted by Gasteiger charge is -2.19. The van der Waals surface area contributed by atoms with Gasteiger partial charge >= 0.3 is 6.09 Å². The summed E-state index contributed by atoms with van der Waals surface area (Å²) in [4.78, 5) is 18.5. The minimum atomic E-state index is -0.535. The topological polar surface area (TPSA) is 67.0 Å². The molecule has 0 unspecified atom stereocenters. The normalized spacial score (nSPS) is 11.1. The Morgan fingerprint density at radius 2 is 2.24 bits per heavy atom. The van der Waals surface area contributed by atoms with Crippen molar-refractivity contribution >= 4 is 24.1 Å². The summed E-state index contributed by atoms with van der Waals surface area (Å²) in [6.45, 7) is 7.39. The average molecular weight is 255 g/mol. The molecule has 6 heteroatoms. The van der Waals surface area contributed by atoms with Crippen molar-refractivity contribution in [3.8, 4) is 0 Å². The lowest BCUT2D eigenvalue weighted by molar-refractivity contribution is 0.0635. The van der Waals surface area contributed by atoms with Crippen LogP contribution in [0.5, 0.6) is 0 Å². The third-order valence-electron chi connectivity index (χ3n) is 1.81. The molecule has 0 bridgehead atoms. The van der Waals surface area contributed by atoms with Gasteiger partial charge in [0.1, 0.15) is 11.4 Å². The number of aromatic amines is 1. The molecule has 0 radical (unpaired) electrons. The van der Waals surface area contributed by atoms with E-state index in [2.05, 4.69) is 15.3 Å². The monoisotopic (exact) mass is 255 g/mol. The number of nitrogens with zero attached hydrogens (tertiary/aromatic N) is 1. The summed E-state index contributed by atoms with van der Waals surface area (Å²) in [6.07, 6.45) is 0.252. The molecule has 1 aromatic rings. The van der Waals surface area contributed by atoms with E-state index in [0.29, 0.717) is 10.6 Å². The summed E-state index contributed by atoms with van der Waals surface area (Å²) in [6, 6.07) is 1.74. The first-order valence-corrected chi connectivity index (χ1v) is 5.81. The Morgan fingerprint density at radius 1 is 1.59 bits per heavy atom. The lowest BCUT2D eigenvalue weighted by Crippen LogP contribution is -2.27. The summed E-state index contributed by atoms with van der Waals surface area (Å²) in [5.74, 6) is 0.403. The number of rotatable bonds is 2. The van der Waals surface area contributed by atoms with Crippen molar-refractivity contribution in [3.05, 3.63) is 16.5 Å². The number of aryl methyl sites for hydroxylation is 1. The zero-order valence-corrected chi connectivity index (χ0v) is 11.3. The maximum absolute atomic E-state index is 11.5. The summed E-state index contributed by atoms with van der Waals surface area (Å²) in [5.41, 5.74) is 0.381. The predicted molar refractivity (Wildman–Crippen MR) is 68.7 cm³/mol. The Hall–Kier alpha value is -1.43. The Balaban J connectivity index is 2.78. The van der Waals surface area contributed by atoms with E-state index < -0.39 is 11.7 Å². The molecular weight excluding hydrogens is 238 g/mol. The van der Waals surface area contributed by atoms with Gasteiger partial charge in [0, 0.05) is 11.8 Å². The molecule has 1 aromatic heterocycles. The molecule has 0 atom stereocenters. The van der Waals surface area contributed by atoms with Crippen LogP contribution in [0, 0.1) is 4.77 Å². The number of amides is 1. The van der Waals surface area contributed by atoms with Gasteiger partial charge in [0.15, 0.2) is 4.77 Å². The van der Waals surface area contributed by atoms with Gasteiger partial charge in [-0.1, -0.05) is 6.92 Å². The van der Waals surface area contributed by atoms with E-state index in [0.717, 1.165) is 12.1 Å². The maximum atomic E-state index is 11.5. The SMILES string of the molecule is CCc1cc(NC(=O)OC(C)(C)C)nc(=S)[nH]1. The molecule has 0 saturated carbocycles. The van der Waals surface area contributed by atoms with E-state index in [1.165, 1.54) is 0 Å². The van der Waals surface area contributed by atoms with Gasteiger partial charge < -0.3 is 9.72 Å². The number of anilines is 1. The Bertz CT molecular complexity index is 463. The molecule has 2 N–H and O–H groups in total. The summed E-state index contributed by atoms with van der Waals surface area (Å²) in [7, 11) is 0. The van der Waals surface area contributed by atoms with Crippen LogP contribution in [-0.4, -0.2) is 21.7 Å².